The van der Waals surface area contributed by atoms with Gasteiger partial charge in [-0.1, -0.05) is 33.6 Å². The van der Waals surface area contributed by atoms with Gasteiger partial charge in [0.15, 0.2) is 0 Å². The summed E-state index contributed by atoms with van der Waals surface area (Å²) in [6, 6.07) is 9.80. The van der Waals surface area contributed by atoms with Gasteiger partial charge in [0, 0.05) is 15.9 Å². The highest BCUT2D eigenvalue weighted by atomic mass is 79.9. The average Bonchev–Trinajstić information content (AvgIpc) is 2.39. The molecule has 0 aromatic heterocycles. The summed E-state index contributed by atoms with van der Waals surface area (Å²) in [4.78, 5) is 0. The third-order valence-corrected chi connectivity index (χ3v) is 3.98. The van der Waals surface area contributed by atoms with Crippen LogP contribution in [0.25, 0.3) is 0 Å². The molecule has 2 aromatic carbocycles. The van der Waals surface area contributed by atoms with Crippen molar-refractivity contribution < 1.29 is 9.13 Å². The summed E-state index contributed by atoms with van der Waals surface area (Å²) in [5.74, 6) is 0.732. The van der Waals surface area contributed by atoms with Gasteiger partial charge in [-0.15, -0.1) is 11.6 Å². The van der Waals surface area contributed by atoms with Crippen LogP contribution < -0.4 is 4.74 Å². The molecule has 2 aromatic rings. The molecule has 0 atom stereocenters. The second-order valence-corrected chi connectivity index (χ2v) is 5.44. The minimum absolute atomic E-state index is 0.280. The van der Waals surface area contributed by atoms with Crippen LogP contribution in [0.15, 0.2) is 40.9 Å². The maximum absolute atomic E-state index is 12.9. The summed E-state index contributed by atoms with van der Waals surface area (Å²) >= 11 is 15.1. The zero-order chi connectivity index (χ0) is 13.8. The molecule has 0 aliphatic heterocycles. The third-order valence-electron chi connectivity index (χ3n) is 2.57. The molecule has 0 saturated carbocycles. The second kappa shape index (κ2) is 6.60. The van der Waals surface area contributed by atoms with Gasteiger partial charge in [0.05, 0.1) is 5.02 Å². The number of halogens is 4. The Kier molecular flexibility index (Phi) is 5.08. The summed E-state index contributed by atoms with van der Waals surface area (Å²) in [5, 5.41) is 0.356. The molecule has 0 amide bonds. The smallest absolute Gasteiger partial charge is 0.124 e. The summed E-state index contributed by atoms with van der Waals surface area (Å²) in [5.41, 5.74) is 1.68. The first-order valence-electron chi connectivity index (χ1n) is 5.51. The number of rotatable bonds is 4. The van der Waals surface area contributed by atoms with Crippen molar-refractivity contribution in [1.29, 1.82) is 0 Å². The summed E-state index contributed by atoms with van der Waals surface area (Å²) < 4.78 is 19.5. The molecule has 1 nitrogen and oxygen atoms in total. The molecular weight excluding hydrogens is 354 g/mol. The van der Waals surface area contributed by atoms with Crippen molar-refractivity contribution in [1.82, 2.24) is 0 Å². The Bertz CT molecular complexity index is 590. The highest BCUT2D eigenvalue weighted by Crippen LogP contribution is 2.25. The molecule has 2 rings (SSSR count). The van der Waals surface area contributed by atoms with Crippen molar-refractivity contribution in [2.24, 2.45) is 0 Å². The molecule has 0 aliphatic carbocycles. The lowest BCUT2D eigenvalue weighted by Crippen LogP contribution is -1.97. The number of hydrogen-bond acceptors (Lipinski definition) is 1. The number of ether oxygens (including phenoxy) is 1. The van der Waals surface area contributed by atoms with Gasteiger partial charge in [-0.05, 0) is 35.9 Å². The van der Waals surface area contributed by atoms with Crippen molar-refractivity contribution >= 4 is 39.1 Å². The normalized spacial score (nSPS) is 10.5. The van der Waals surface area contributed by atoms with Crippen LogP contribution in [-0.2, 0) is 12.5 Å². The zero-order valence-electron chi connectivity index (χ0n) is 9.80. The van der Waals surface area contributed by atoms with Gasteiger partial charge in [-0.25, -0.2) is 4.39 Å². The van der Waals surface area contributed by atoms with E-state index in [-0.39, 0.29) is 12.4 Å². The quantitative estimate of drug-likeness (QED) is 0.646. The lowest BCUT2D eigenvalue weighted by atomic mass is 10.2. The van der Waals surface area contributed by atoms with Gasteiger partial charge in [0.2, 0.25) is 0 Å². The van der Waals surface area contributed by atoms with E-state index in [2.05, 4.69) is 15.9 Å². The summed E-state index contributed by atoms with van der Waals surface area (Å²) in [6.45, 7) is 0.280. The van der Waals surface area contributed by atoms with Crippen LogP contribution >= 0.6 is 39.1 Å². The number of benzene rings is 2. The van der Waals surface area contributed by atoms with E-state index in [1.54, 1.807) is 6.07 Å². The highest BCUT2D eigenvalue weighted by Gasteiger charge is 2.05. The van der Waals surface area contributed by atoms with Crippen molar-refractivity contribution in [2.45, 2.75) is 12.5 Å². The molecule has 5 heteroatoms. The first kappa shape index (κ1) is 14.6. The lowest BCUT2D eigenvalue weighted by Gasteiger charge is -2.09. The molecule has 0 bridgehead atoms. The van der Waals surface area contributed by atoms with Crippen molar-refractivity contribution in [3.8, 4) is 5.75 Å². The average molecular weight is 364 g/mol. The Balaban J connectivity index is 2.10. The molecule has 100 valence electrons. The van der Waals surface area contributed by atoms with Crippen LogP contribution in [0.1, 0.15) is 11.1 Å². The van der Waals surface area contributed by atoms with Crippen LogP contribution in [0.2, 0.25) is 5.02 Å². The minimum atomic E-state index is -0.359. The molecule has 0 fully saturated rings. The van der Waals surface area contributed by atoms with E-state index < -0.39 is 0 Å². The van der Waals surface area contributed by atoms with Crippen molar-refractivity contribution in [2.75, 3.05) is 0 Å². The maximum Gasteiger partial charge on any atom is 0.124 e. The van der Waals surface area contributed by atoms with Gasteiger partial charge < -0.3 is 4.74 Å². The Morgan fingerprint density at radius 3 is 2.58 bits per heavy atom. The second-order valence-electron chi connectivity index (χ2n) is 3.91. The topological polar surface area (TPSA) is 9.23 Å². The molecule has 0 aliphatic rings. The van der Waals surface area contributed by atoms with E-state index in [0.29, 0.717) is 16.7 Å². The van der Waals surface area contributed by atoms with Gasteiger partial charge in [0.1, 0.15) is 18.2 Å². The fourth-order valence-corrected chi connectivity index (χ4v) is 2.53. The predicted octanol–water partition coefficient (Wildman–Crippen LogP) is 5.56. The van der Waals surface area contributed by atoms with Crippen LogP contribution in [0.3, 0.4) is 0 Å². The predicted molar refractivity (Wildman–Crippen MR) is 79.4 cm³/mol. The van der Waals surface area contributed by atoms with Crippen LogP contribution in [0.4, 0.5) is 4.39 Å². The van der Waals surface area contributed by atoms with Gasteiger partial charge in [-0.3, -0.25) is 0 Å². The minimum Gasteiger partial charge on any atom is -0.489 e. The van der Waals surface area contributed by atoms with E-state index in [1.807, 2.05) is 18.2 Å². The fourth-order valence-electron chi connectivity index (χ4n) is 1.54. The van der Waals surface area contributed by atoms with Crippen LogP contribution in [0.5, 0.6) is 5.75 Å². The summed E-state index contributed by atoms with van der Waals surface area (Å²) in [6.07, 6.45) is 0. The van der Waals surface area contributed by atoms with Crippen molar-refractivity contribution in [3.63, 3.8) is 0 Å². The molecule has 0 saturated heterocycles. The van der Waals surface area contributed by atoms with Crippen LogP contribution in [-0.4, -0.2) is 0 Å². The van der Waals surface area contributed by atoms with Gasteiger partial charge in [-0.2, -0.15) is 0 Å². The Labute approximate surface area is 129 Å². The zero-order valence-corrected chi connectivity index (χ0v) is 12.9. The fraction of sp³-hybridized carbons (Fsp3) is 0.143. The van der Waals surface area contributed by atoms with Crippen LogP contribution in [0, 0.1) is 5.82 Å². The first-order chi connectivity index (χ1) is 9.10. The SMILES string of the molecule is Fc1ccc(COc2ccc(Br)c(CCl)c2)c(Cl)c1. The Morgan fingerprint density at radius 2 is 1.89 bits per heavy atom. The van der Waals surface area contributed by atoms with E-state index in [9.17, 15) is 4.39 Å². The lowest BCUT2D eigenvalue weighted by molar-refractivity contribution is 0.306. The molecule has 0 spiro atoms. The van der Waals surface area contributed by atoms with E-state index in [4.69, 9.17) is 27.9 Å². The Hall–Kier alpha value is -0.770. The van der Waals surface area contributed by atoms with Gasteiger partial charge >= 0.3 is 0 Å². The maximum atomic E-state index is 12.9. The van der Waals surface area contributed by atoms with E-state index in [1.165, 1.54) is 12.1 Å². The van der Waals surface area contributed by atoms with E-state index >= 15 is 0 Å². The monoisotopic (exact) mass is 362 g/mol. The molecule has 0 radical (unpaired) electrons. The molecule has 0 heterocycles. The number of alkyl halides is 1. The first-order valence-corrected chi connectivity index (χ1v) is 7.22. The highest BCUT2D eigenvalue weighted by molar-refractivity contribution is 9.10. The van der Waals surface area contributed by atoms with Gasteiger partial charge in [0.25, 0.3) is 0 Å². The van der Waals surface area contributed by atoms with E-state index in [0.717, 1.165) is 15.6 Å². The summed E-state index contributed by atoms with van der Waals surface area (Å²) in [7, 11) is 0. The molecular formula is C14H10BrCl2FO. The van der Waals surface area contributed by atoms with Crippen molar-refractivity contribution in [3.05, 3.63) is 62.8 Å². The third kappa shape index (κ3) is 3.85. The molecule has 0 unspecified atom stereocenters. The standard InChI is InChI=1S/C14H10BrCl2FO/c15-13-4-3-12(5-10(13)7-16)19-8-9-1-2-11(18)6-14(9)17/h1-6H,7-8H2. The number of hydrogen-bond donors (Lipinski definition) is 0. The molecule has 0 N–H and O–H groups in total. The largest absolute Gasteiger partial charge is 0.489 e. The molecule has 19 heavy (non-hydrogen) atoms. The Morgan fingerprint density at radius 1 is 1.11 bits per heavy atom.